The minimum atomic E-state index is -0.430. The molecule has 0 bridgehead atoms. The average molecular weight is 278 g/mol. The Labute approximate surface area is 117 Å². The lowest BCUT2D eigenvalue weighted by atomic mass is 9.93. The van der Waals surface area contributed by atoms with Crippen molar-refractivity contribution in [2.45, 2.75) is 31.7 Å². The highest BCUT2D eigenvalue weighted by Gasteiger charge is 2.51. The van der Waals surface area contributed by atoms with E-state index in [1.54, 1.807) is 12.1 Å². The number of hydrogen-bond donors (Lipinski definition) is 1. The maximum absolute atomic E-state index is 11.7. The van der Waals surface area contributed by atoms with Crippen LogP contribution in [0.4, 0.5) is 5.69 Å². The van der Waals surface area contributed by atoms with Crippen molar-refractivity contribution in [2.75, 3.05) is 7.11 Å². The van der Waals surface area contributed by atoms with Crippen LogP contribution in [0.2, 0.25) is 0 Å². The van der Waals surface area contributed by atoms with Crippen LogP contribution >= 0.6 is 0 Å². The molecule has 0 amide bonds. The first kappa shape index (κ1) is 14.5. The van der Waals surface area contributed by atoms with Gasteiger partial charge in [-0.1, -0.05) is 12.1 Å². The standard InChI is InChI=1S/C14H18N2O4/c1-20-13(17)14(6-7-14)9-11(15)8-10-2-4-12(5-3-10)16(18)19/h2-5,11H,6-9,15H2,1H3. The number of carbonyl (C=O) groups excluding carboxylic acids is 1. The van der Waals surface area contributed by atoms with Gasteiger partial charge in [-0.2, -0.15) is 0 Å². The smallest absolute Gasteiger partial charge is 0.311 e. The molecule has 0 heterocycles. The second-order valence-corrected chi connectivity index (χ2v) is 5.36. The molecule has 1 aromatic carbocycles. The predicted octanol–water partition coefficient (Wildman–Crippen LogP) is 1.81. The summed E-state index contributed by atoms with van der Waals surface area (Å²) in [5, 5.41) is 10.6. The highest BCUT2D eigenvalue weighted by molar-refractivity contribution is 5.79. The van der Waals surface area contributed by atoms with Gasteiger partial charge in [0.2, 0.25) is 0 Å². The summed E-state index contributed by atoms with van der Waals surface area (Å²) in [6, 6.07) is 6.19. The molecule has 1 unspecified atom stereocenters. The minimum absolute atomic E-state index is 0.0653. The molecule has 2 rings (SSSR count). The van der Waals surface area contributed by atoms with Crippen LogP contribution in [-0.4, -0.2) is 24.0 Å². The summed E-state index contributed by atoms with van der Waals surface area (Å²) in [6.45, 7) is 0. The summed E-state index contributed by atoms with van der Waals surface area (Å²) in [4.78, 5) is 21.8. The van der Waals surface area contributed by atoms with Gasteiger partial charge in [0.05, 0.1) is 17.4 Å². The van der Waals surface area contributed by atoms with Crippen LogP contribution in [-0.2, 0) is 16.0 Å². The maximum atomic E-state index is 11.7. The number of nitrogens with two attached hydrogens (primary N) is 1. The SMILES string of the molecule is COC(=O)C1(CC(N)Cc2ccc([N+](=O)[O-])cc2)CC1. The Morgan fingerprint density at radius 2 is 2.05 bits per heavy atom. The molecule has 0 aromatic heterocycles. The lowest BCUT2D eigenvalue weighted by Crippen LogP contribution is -2.31. The normalized spacial score (nSPS) is 17.3. The lowest BCUT2D eigenvalue weighted by Gasteiger charge is -2.18. The van der Waals surface area contributed by atoms with Crippen LogP contribution in [0.5, 0.6) is 0 Å². The fourth-order valence-corrected chi connectivity index (χ4v) is 2.49. The van der Waals surface area contributed by atoms with E-state index in [2.05, 4.69) is 0 Å². The van der Waals surface area contributed by atoms with Gasteiger partial charge < -0.3 is 10.5 Å². The number of esters is 1. The molecule has 108 valence electrons. The van der Waals surface area contributed by atoms with E-state index in [0.29, 0.717) is 12.8 Å². The second kappa shape index (κ2) is 5.58. The Bertz CT molecular complexity index is 508. The molecule has 1 aliphatic rings. The van der Waals surface area contributed by atoms with Crippen molar-refractivity contribution in [1.82, 2.24) is 0 Å². The maximum Gasteiger partial charge on any atom is 0.311 e. The van der Waals surface area contributed by atoms with Crippen molar-refractivity contribution in [3.8, 4) is 0 Å². The summed E-state index contributed by atoms with van der Waals surface area (Å²) in [6.07, 6.45) is 2.84. The van der Waals surface area contributed by atoms with Crippen LogP contribution in [0.3, 0.4) is 0 Å². The van der Waals surface area contributed by atoms with Gasteiger partial charge in [0.25, 0.3) is 5.69 Å². The Morgan fingerprint density at radius 1 is 1.45 bits per heavy atom. The number of ether oxygens (including phenoxy) is 1. The van der Waals surface area contributed by atoms with Gasteiger partial charge >= 0.3 is 5.97 Å². The van der Waals surface area contributed by atoms with Crippen LogP contribution in [0, 0.1) is 15.5 Å². The number of benzene rings is 1. The topological polar surface area (TPSA) is 95.5 Å². The summed E-state index contributed by atoms with van der Waals surface area (Å²) in [7, 11) is 1.39. The molecule has 1 aliphatic carbocycles. The first-order chi connectivity index (χ1) is 9.47. The molecule has 0 aliphatic heterocycles. The van der Waals surface area contributed by atoms with Crippen LogP contribution in [0.15, 0.2) is 24.3 Å². The highest BCUT2D eigenvalue weighted by atomic mass is 16.6. The third-order valence-electron chi connectivity index (χ3n) is 3.77. The van der Waals surface area contributed by atoms with Crippen LogP contribution in [0.1, 0.15) is 24.8 Å². The molecule has 1 fully saturated rings. The van der Waals surface area contributed by atoms with Gasteiger partial charge in [0, 0.05) is 18.2 Å². The van der Waals surface area contributed by atoms with Crippen molar-refractivity contribution in [3.63, 3.8) is 0 Å². The van der Waals surface area contributed by atoms with E-state index in [1.165, 1.54) is 19.2 Å². The summed E-state index contributed by atoms with van der Waals surface area (Å²) < 4.78 is 4.80. The third kappa shape index (κ3) is 3.14. The van der Waals surface area contributed by atoms with Gasteiger partial charge in [0.15, 0.2) is 0 Å². The second-order valence-electron chi connectivity index (χ2n) is 5.36. The van der Waals surface area contributed by atoms with Crippen LogP contribution in [0.25, 0.3) is 0 Å². The molecule has 1 aromatic rings. The Kier molecular flexibility index (Phi) is 4.04. The zero-order valence-electron chi connectivity index (χ0n) is 11.4. The molecule has 1 atom stereocenters. The number of methoxy groups -OCH3 is 1. The van der Waals surface area contributed by atoms with E-state index >= 15 is 0 Å². The van der Waals surface area contributed by atoms with E-state index in [9.17, 15) is 14.9 Å². The van der Waals surface area contributed by atoms with Gasteiger partial charge in [-0.25, -0.2) is 0 Å². The minimum Gasteiger partial charge on any atom is -0.469 e. The van der Waals surface area contributed by atoms with Gasteiger partial charge in [0.1, 0.15) is 0 Å². The largest absolute Gasteiger partial charge is 0.469 e. The monoisotopic (exact) mass is 278 g/mol. The molecule has 1 saturated carbocycles. The fourth-order valence-electron chi connectivity index (χ4n) is 2.49. The molecular formula is C14H18N2O4. The fraction of sp³-hybridized carbons (Fsp3) is 0.500. The summed E-state index contributed by atoms with van der Waals surface area (Å²) in [5.41, 5.74) is 6.69. The van der Waals surface area contributed by atoms with E-state index < -0.39 is 10.3 Å². The number of hydrogen-bond acceptors (Lipinski definition) is 5. The van der Waals surface area contributed by atoms with Gasteiger partial charge in [-0.05, 0) is 31.2 Å². The predicted molar refractivity (Wildman–Crippen MR) is 73.1 cm³/mol. The zero-order chi connectivity index (χ0) is 14.8. The molecule has 0 saturated heterocycles. The summed E-state index contributed by atoms with van der Waals surface area (Å²) in [5.74, 6) is -0.184. The van der Waals surface area contributed by atoms with E-state index in [1.807, 2.05) is 0 Å². The third-order valence-corrected chi connectivity index (χ3v) is 3.77. The van der Waals surface area contributed by atoms with Crippen molar-refractivity contribution >= 4 is 11.7 Å². The summed E-state index contributed by atoms with van der Waals surface area (Å²) >= 11 is 0. The van der Waals surface area contributed by atoms with Gasteiger partial charge in [-0.3, -0.25) is 14.9 Å². The number of non-ortho nitro benzene ring substituents is 1. The first-order valence-electron chi connectivity index (χ1n) is 6.54. The Balaban J connectivity index is 1.93. The van der Waals surface area contributed by atoms with Crippen LogP contribution < -0.4 is 5.73 Å². The molecule has 20 heavy (non-hydrogen) atoms. The van der Waals surface area contributed by atoms with Crippen molar-refractivity contribution < 1.29 is 14.5 Å². The van der Waals surface area contributed by atoms with Crippen molar-refractivity contribution in [3.05, 3.63) is 39.9 Å². The molecule has 0 radical (unpaired) electrons. The number of carbonyl (C=O) groups is 1. The van der Waals surface area contributed by atoms with E-state index in [0.717, 1.165) is 18.4 Å². The number of nitro benzene ring substituents is 1. The number of nitrogens with zero attached hydrogens (tertiary/aromatic N) is 1. The first-order valence-corrected chi connectivity index (χ1v) is 6.54. The molecule has 6 heteroatoms. The molecule has 6 nitrogen and oxygen atoms in total. The lowest BCUT2D eigenvalue weighted by molar-refractivity contribution is -0.384. The quantitative estimate of drug-likeness (QED) is 0.486. The van der Waals surface area contributed by atoms with E-state index in [-0.39, 0.29) is 17.7 Å². The Morgan fingerprint density at radius 3 is 2.50 bits per heavy atom. The van der Waals surface area contributed by atoms with Crippen molar-refractivity contribution in [1.29, 1.82) is 0 Å². The van der Waals surface area contributed by atoms with Gasteiger partial charge in [-0.15, -0.1) is 0 Å². The highest BCUT2D eigenvalue weighted by Crippen LogP contribution is 2.50. The molecular weight excluding hydrogens is 260 g/mol. The average Bonchev–Trinajstić information content (AvgIpc) is 3.19. The zero-order valence-corrected chi connectivity index (χ0v) is 11.4. The molecule has 0 spiro atoms. The number of nitro groups is 1. The van der Waals surface area contributed by atoms with E-state index in [4.69, 9.17) is 10.5 Å². The Hall–Kier alpha value is -1.95. The number of rotatable bonds is 6. The molecule has 2 N–H and O–H groups in total. The van der Waals surface area contributed by atoms with Crippen molar-refractivity contribution in [2.24, 2.45) is 11.1 Å².